The van der Waals surface area contributed by atoms with Crippen LogP contribution in [0, 0.1) is 13.8 Å². The van der Waals surface area contributed by atoms with Crippen molar-refractivity contribution in [3.8, 4) is 16.9 Å². The van der Waals surface area contributed by atoms with Gasteiger partial charge in [0.1, 0.15) is 11.3 Å². The van der Waals surface area contributed by atoms with Crippen molar-refractivity contribution < 1.29 is 13.9 Å². The van der Waals surface area contributed by atoms with Crippen LogP contribution < -0.4 is 10.4 Å². The molecule has 0 fully saturated rings. The molecular formula is C32H26O4. The number of Topliss-reactive ketones (excluding diaryl/α,β-unsaturated/α-hetero) is 1. The first-order chi connectivity index (χ1) is 17.5. The lowest BCUT2D eigenvalue weighted by Gasteiger charge is -2.14. The van der Waals surface area contributed by atoms with Crippen molar-refractivity contribution in [2.75, 3.05) is 6.61 Å². The van der Waals surface area contributed by atoms with E-state index in [0.29, 0.717) is 28.9 Å². The van der Waals surface area contributed by atoms with E-state index in [9.17, 15) is 9.59 Å². The second-order valence-electron chi connectivity index (χ2n) is 8.95. The summed E-state index contributed by atoms with van der Waals surface area (Å²) in [4.78, 5) is 25.7. The summed E-state index contributed by atoms with van der Waals surface area (Å²) in [6.45, 7) is 3.70. The van der Waals surface area contributed by atoms with Gasteiger partial charge in [0.2, 0.25) is 0 Å². The van der Waals surface area contributed by atoms with Gasteiger partial charge >= 0.3 is 5.63 Å². The molecule has 4 nitrogen and oxygen atoms in total. The highest BCUT2D eigenvalue weighted by Gasteiger charge is 2.17. The Morgan fingerprint density at radius 2 is 1.44 bits per heavy atom. The summed E-state index contributed by atoms with van der Waals surface area (Å²) in [5.41, 5.74) is 6.15. The first-order valence-electron chi connectivity index (χ1n) is 11.9. The van der Waals surface area contributed by atoms with Crippen molar-refractivity contribution in [2.45, 2.75) is 20.3 Å². The van der Waals surface area contributed by atoms with Crippen LogP contribution in [0.3, 0.4) is 0 Å². The fourth-order valence-corrected chi connectivity index (χ4v) is 4.46. The summed E-state index contributed by atoms with van der Waals surface area (Å²) >= 11 is 0. The number of carbonyl (C=O) groups excluding carboxylic acids is 1. The Hall–Kier alpha value is -4.44. The van der Waals surface area contributed by atoms with Gasteiger partial charge in [-0.2, -0.15) is 0 Å². The van der Waals surface area contributed by atoms with E-state index >= 15 is 0 Å². The van der Waals surface area contributed by atoms with E-state index in [1.54, 1.807) is 0 Å². The maximum atomic E-state index is 12.9. The average molecular weight is 475 g/mol. The Morgan fingerprint density at radius 1 is 0.806 bits per heavy atom. The van der Waals surface area contributed by atoms with Crippen molar-refractivity contribution >= 4 is 16.8 Å². The Kier molecular flexibility index (Phi) is 6.50. The van der Waals surface area contributed by atoms with Crippen LogP contribution in [0.2, 0.25) is 0 Å². The largest absolute Gasteiger partial charge is 0.485 e. The fraction of sp³-hybridized carbons (Fsp3) is 0.125. The molecule has 36 heavy (non-hydrogen) atoms. The van der Waals surface area contributed by atoms with Gasteiger partial charge in [-0.25, -0.2) is 4.79 Å². The van der Waals surface area contributed by atoms with Crippen molar-refractivity contribution in [3.63, 3.8) is 0 Å². The minimum Gasteiger partial charge on any atom is -0.485 e. The monoisotopic (exact) mass is 474 g/mol. The Labute approximate surface area is 209 Å². The van der Waals surface area contributed by atoms with Gasteiger partial charge in [-0.05, 0) is 53.8 Å². The lowest BCUT2D eigenvalue weighted by molar-refractivity contribution is 0.0922. The predicted molar refractivity (Wildman–Crippen MR) is 143 cm³/mol. The first-order valence-corrected chi connectivity index (χ1v) is 11.9. The van der Waals surface area contributed by atoms with Gasteiger partial charge in [0.05, 0.1) is 5.39 Å². The van der Waals surface area contributed by atoms with Crippen LogP contribution in [0.5, 0.6) is 5.75 Å². The average Bonchev–Trinajstić information content (AvgIpc) is 2.90. The predicted octanol–water partition coefficient (Wildman–Crippen LogP) is 6.93. The summed E-state index contributed by atoms with van der Waals surface area (Å²) < 4.78 is 11.7. The Morgan fingerprint density at radius 3 is 2.14 bits per heavy atom. The molecule has 5 aromatic rings. The summed E-state index contributed by atoms with van der Waals surface area (Å²) in [6.07, 6.45) is 0.463. The molecular weight excluding hydrogens is 448 g/mol. The highest BCUT2D eigenvalue weighted by atomic mass is 16.5. The van der Waals surface area contributed by atoms with Gasteiger partial charge in [-0.15, -0.1) is 0 Å². The van der Waals surface area contributed by atoms with Gasteiger partial charge < -0.3 is 9.15 Å². The van der Waals surface area contributed by atoms with Crippen LogP contribution in [0.1, 0.15) is 32.6 Å². The number of rotatable bonds is 7. The molecule has 1 heterocycles. The summed E-state index contributed by atoms with van der Waals surface area (Å²) in [5, 5.41) is 0.721. The fourth-order valence-electron chi connectivity index (χ4n) is 4.46. The normalized spacial score (nSPS) is 10.9. The van der Waals surface area contributed by atoms with Gasteiger partial charge in [-0.3, -0.25) is 4.79 Å². The lowest BCUT2D eigenvalue weighted by atomic mass is 9.98. The molecule has 5 rings (SSSR count). The van der Waals surface area contributed by atoms with Crippen LogP contribution in [-0.2, 0) is 6.42 Å². The van der Waals surface area contributed by atoms with E-state index in [1.165, 1.54) is 0 Å². The molecule has 0 saturated carbocycles. The number of hydrogen-bond acceptors (Lipinski definition) is 4. The number of benzene rings is 4. The molecule has 4 heteroatoms. The number of hydrogen-bond donors (Lipinski definition) is 0. The van der Waals surface area contributed by atoms with Crippen LogP contribution in [-0.4, -0.2) is 12.4 Å². The van der Waals surface area contributed by atoms with E-state index in [4.69, 9.17) is 9.15 Å². The smallest absolute Gasteiger partial charge is 0.340 e. The van der Waals surface area contributed by atoms with Crippen LogP contribution >= 0.6 is 0 Å². The molecule has 0 N–H and O–H groups in total. The number of aryl methyl sites for hydroxylation is 2. The molecule has 0 atom stereocenters. The Bertz CT molecular complexity index is 1580. The first kappa shape index (κ1) is 23.3. The third kappa shape index (κ3) is 4.84. The van der Waals surface area contributed by atoms with Crippen molar-refractivity contribution in [1.82, 2.24) is 0 Å². The highest BCUT2D eigenvalue weighted by molar-refractivity contribution is 5.98. The second-order valence-corrected chi connectivity index (χ2v) is 8.95. The third-order valence-corrected chi connectivity index (χ3v) is 6.38. The third-order valence-electron chi connectivity index (χ3n) is 6.38. The molecule has 0 spiro atoms. The van der Waals surface area contributed by atoms with E-state index < -0.39 is 0 Å². The van der Waals surface area contributed by atoms with Gasteiger partial charge in [0.25, 0.3) is 0 Å². The molecule has 0 aliphatic rings. The topological polar surface area (TPSA) is 56.5 Å². The minimum atomic E-state index is -0.352. The van der Waals surface area contributed by atoms with Crippen LogP contribution in [0.15, 0.2) is 106 Å². The van der Waals surface area contributed by atoms with Crippen molar-refractivity contribution in [3.05, 3.63) is 135 Å². The highest BCUT2D eigenvalue weighted by Crippen LogP contribution is 2.32. The molecule has 0 amide bonds. The molecule has 0 saturated heterocycles. The number of fused-ring (bicyclic) bond motifs is 1. The summed E-state index contributed by atoms with van der Waals surface area (Å²) in [7, 11) is 0. The molecule has 4 aromatic carbocycles. The second kappa shape index (κ2) is 10.0. The van der Waals surface area contributed by atoms with E-state index in [0.717, 1.165) is 33.2 Å². The molecule has 0 aliphatic carbocycles. The maximum absolute atomic E-state index is 12.9. The number of carbonyl (C=O) groups is 1. The molecule has 0 unspecified atom stereocenters. The molecule has 0 aliphatic heterocycles. The lowest BCUT2D eigenvalue weighted by Crippen LogP contribution is -2.14. The zero-order valence-corrected chi connectivity index (χ0v) is 20.3. The summed E-state index contributed by atoms with van der Waals surface area (Å²) in [6, 6.07) is 31.1. The zero-order valence-electron chi connectivity index (χ0n) is 20.3. The van der Waals surface area contributed by atoms with Gasteiger partial charge in [-0.1, -0.05) is 84.9 Å². The molecule has 1 aromatic heterocycles. The van der Waals surface area contributed by atoms with Crippen molar-refractivity contribution in [2.24, 2.45) is 0 Å². The van der Waals surface area contributed by atoms with E-state index in [-0.39, 0.29) is 18.0 Å². The quantitative estimate of drug-likeness (QED) is 0.190. The van der Waals surface area contributed by atoms with Crippen LogP contribution in [0.4, 0.5) is 0 Å². The zero-order chi connectivity index (χ0) is 25.1. The van der Waals surface area contributed by atoms with E-state index in [2.05, 4.69) is 0 Å². The van der Waals surface area contributed by atoms with Crippen LogP contribution in [0.25, 0.3) is 22.1 Å². The van der Waals surface area contributed by atoms with Crippen molar-refractivity contribution in [1.29, 1.82) is 0 Å². The number of ether oxygens (including phenoxy) is 1. The standard InChI is InChI=1S/C32H26O4/c1-21-17-29(35-20-28(33)26-15-13-25(14-16-26)24-11-7-4-8-12-24)31-22(2)27(32(34)36-30(31)18-21)19-23-9-5-3-6-10-23/h3-18H,19-20H2,1-2H3. The molecule has 0 radical (unpaired) electrons. The SMILES string of the molecule is Cc1cc(OCC(=O)c2ccc(-c3ccccc3)cc2)c2c(C)c(Cc3ccccc3)c(=O)oc2c1. The minimum absolute atomic E-state index is 0.115. The van der Waals surface area contributed by atoms with E-state index in [1.807, 2.05) is 111 Å². The maximum Gasteiger partial charge on any atom is 0.340 e. The Balaban J connectivity index is 1.42. The molecule has 0 bridgehead atoms. The van der Waals surface area contributed by atoms with Gasteiger partial charge in [0.15, 0.2) is 12.4 Å². The number of ketones is 1. The molecule has 178 valence electrons. The summed E-state index contributed by atoms with van der Waals surface area (Å²) in [5.74, 6) is 0.415. The van der Waals surface area contributed by atoms with Gasteiger partial charge in [0, 0.05) is 17.5 Å².